The number of hydrogen-bond donors (Lipinski definition) is 2. The first-order chi connectivity index (χ1) is 8.59. The molecule has 0 unspecified atom stereocenters. The van der Waals surface area contributed by atoms with Crippen LogP contribution in [-0.2, 0) is 14.6 Å². The van der Waals surface area contributed by atoms with E-state index >= 15 is 0 Å². The van der Waals surface area contributed by atoms with E-state index in [0.717, 1.165) is 5.56 Å². The molecule has 0 radical (unpaired) electrons. The van der Waals surface area contributed by atoms with E-state index < -0.39 is 27.0 Å². The zero-order chi connectivity index (χ0) is 14.7. The van der Waals surface area contributed by atoms with Gasteiger partial charge in [0.15, 0.2) is 9.84 Å². The fraction of sp³-hybridized carbons (Fsp3) is 0.462. The molecule has 0 bridgehead atoms. The van der Waals surface area contributed by atoms with E-state index in [4.69, 9.17) is 5.73 Å². The Morgan fingerprint density at radius 1 is 1.32 bits per heavy atom. The number of carbonyl (C=O) groups is 1. The van der Waals surface area contributed by atoms with Crippen LogP contribution in [0.1, 0.15) is 19.4 Å². The molecule has 0 fully saturated rings. The molecule has 0 saturated heterocycles. The molecule has 0 aromatic heterocycles. The number of para-hydroxylation sites is 1. The summed E-state index contributed by atoms with van der Waals surface area (Å²) in [6.07, 6.45) is 0. The van der Waals surface area contributed by atoms with Crippen molar-refractivity contribution in [3.8, 4) is 0 Å². The predicted molar refractivity (Wildman–Crippen MR) is 76.7 cm³/mol. The van der Waals surface area contributed by atoms with Crippen molar-refractivity contribution in [2.45, 2.75) is 26.3 Å². The van der Waals surface area contributed by atoms with Crippen LogP contribution in [0.3, 0.4) is 0 Å². The van der Waals surface area contributed by atoms with Crippen LogP contribution in [0.5, 0.6) is 0 Å². The number of benzene rings is 1. The summed E-state index contributed by atoms with van der Waals surface area (Å²) in [5.41, 5.74) is 6.32. The molecule has 106 valence electrons. The summed E-state index contributed by atoms with van der Waals surface area (Å²) in [7, 11) is -3.51. The fourth-order valence-corrected chi connectivity index (χ4v) is 3.42. The highest BCUT2D eigenvalue weighted by Gasteiger charge is 2.24. The van der Waals surface area contributed by atoms with Crippen molar-refractivity contribution in [2.75, 3.05) is 16.8 Å². The number of aryl methyl sites for hydroxylation is 1. The average molecular weight is 284 g/mol. The van der Waals surface area contributed by atoms with Gasteiger partial charge in [-0.05, 0) is 32.4 Å². The Kier molecular flexibility index (Phi) is 4.70. The summed E-state index contributed by atoms with van der Waals surface area (Å²) in [4.78, 5) is 11.7. The van der Waals surface area contributed by atoms with Crippen molar-refractivity contribution >= 4 is 21.4 Å². The third-order valence-corrected chi connectivity index (χ3v) is 4.25. The molecule has 5 nitrogen and oxygen atoms in total. The molecule has 0 saturated carbocycles. The lowest BCUT2D eigenvalue weighted by Crippen LogP contribution is -2.42. The van der Waals surface area contributed by atoms with Crippen molar-refractivity contribution in [3.05, 3.63) is 29.8 Å². The van der Waals surface area contributed by atoms with Crippen LogP contribution in [0.2, 0.25) is 0 Å². The minimum atomic E-state index is -3.51. The number of amides is 1. The molecule has 1 rings (SSSR count). The van der Waals surface area contributed by atoms with Crippen molar-refractivity contribution in [1.82, 2.24) is 0 Å². The summed E-state index contributed by atoms with van der Waals surface area (Å²) in [5.74, 6) is -1.32. The van der Waals surface area contributed by atoms with Gasteiger partial charge < -0.3 is 11.1 Å². The largest absolute Gasteiger partial charge is 0.325 e. The molecule has 19 heavy (non-hydrogen) atoms. The summed E-state index contributed by atoms with van der Waals surface area (Å²) >= 11 is 0. The molecule has 6 heteroatoms. The predicted octanol–water partition coefficient (Wildman–Crippen LogP) is 1.09. The molecule has 0 aliphatic rings. The lowest BCUT2D eigenvalue weighted by molar-refractivity contribution is -0.113. The zero-order valence-corrected chi connectivity index (χ0v) is 12.3. The quantitative estimate of drug-likeness (QED) is 0.847. The maximum atomic E-state index is 11.8. The van der Waals surface area contributed by atoms with Gasteiger partial charge in [0.25, 0.3) is 0 Å². The molecule has 1 amide bonds. The molecule has 1 aromatic carbocycles. The Bertz CT molecular complexity index is 559. The smallest absolute Gasteiger partial charge is 0.239 e. The Hall–Kier alpha value is -1.40. The third-order valence-electron chi connectivity index (χ3n) is 2.36. The van der Waals surface area contributed by atoms with Crippen LogP contribution >= 0.6 is 0 Å². The Morgan fingerprint density at radius 2 is 1.89 bits per heavy atom. The summed E-state index contributed by atoms with van der Waals surface area (Å²) in [6.45, 7) is 5.07. The van der Waals surface area contributed by atoms with Gasteiger partial charge in [0.05, 0.1) is 5.75 Å². The van der Waals surface area contributed by atoms with E-state index in [9.17, 15) is 13.2 Å². The van der Waals surface area contributed by atoms with Crippen molar-refractivity contribution in [1.29, 1.82) is 0 Å². The molecule has 3 N–H and O–H groups in total. The maximum absolute atomic E-state index is 11.8. The van der Waals surface area contributed by atoms with E-state index in [1.165, 1.54) is 0 Å². The van der Waals surface area contributed by atoms with Crippen LogP contribution in [0, 0.1) is 6.92 Å². The first kappa shape index (κ1) is 15.7. The molecule has 0 atom stereocenters. The summed E-state index contributed by atoms with van der Waals surface area (Å²) in [6, 6.07) is 7.19. The Balaban J connectivity index is 2.69. The normalized spacial score (nSPS) is 12.2. The first-order valence-electron chi connectivity index (χ1n) is 5.94. The lowest BCUT2D eigenvalue weighted by Gasteiger charge is -2.18. The number of hydrogen-bond acceptors (Lipinski definition) is 4. The van der Waals surface area contributed by atoms with Gasteiger partial charge in [0.1, 0.15) is 5.75 Å². The first-order valence-corrected chi connectivity index (χ1v) is 7.76. The number of sulfone groups is 1. The molecule has 0 aliphatic carbocycles. The van der Waals surface area contributed by atoms with Crippen molar-refractivity contribution in [2.24, 2.45) is 5.73 Å². The topological polar surface area (TPSA) is 89.3 Å². The van der Waals surface area contributed by atoms with Gasteiger partial charge in [-0.3, -0.25) is 4.79 Å². The van der Waals surface area contributed by atoms with Crippen molar-refractivity contribution in [3.63, 3.8) is 0 Å². The summed E-state index contributed by atoms with van der Waals surface area (Å²) in [5, 5.41) is 2.59. The maximum Gasteiger partial charge on any atom is 0.239 e. The number of nitrogens with two attached hydrogens (primary N) is 1. The lowest BCUT2D eigenvalue weighted by atomic mass is 10.1. The van der Waals surface area contributed by atoms with Gasteiger partial charge >= 0.3 is 0 Å². The second kappa shape index (κ2) is 5.71. The average Bonchev–Trinajstić information content (AvgIpc) is 2.16. The second-order valence-electron chi connectivity index (χ2n) is 5.38. The van der Waals surface area contributed by atoms with E-state index in [-0.39, 0.29) is 5.75 Å². The molecule has 0 heterocycles. The monoisotopic (exact) mass is 284 g/mol. The highest BCUT2D eigenvalue weighted by atomic mass is 32.2. The van der Waals surface area contributed by atoms with Crippen LogP contribution in [0.4, 0.5) is 5.69 Å². The SMILES string of the molecule is Cc1ccccc1NC(=O)CS(=O)(=O)CC(C)(C)N. The van der Waals surface area contributed by atoms with E-state index in [2.05, 4.69) is 5.32 Å². The van der Waals surface area contributed by atoms with Crippen LogP contribution in [0.15, 0.2) is 24.3 Å². The van der Waals surface area contributed by atoms with Crippen LogP contribution in [-0.4, -0.2) is 31.4 Å². The third kappa shape index (κ3) is 5.85. The van der Waals surface area contributed by atoms with E-state index in [0.29, 0.717) is 5.69 Å². The van der Waals surface area contributed by atoms with Gasteiger partial charge in [-0.1, -0.05) is 18.2 Å². The van der Waals surface area contributed by atoms with Gasteiger partial charge in [0, 0.05) is 11.2 Å². The summed E-state index contributed by atoms with van der Waals surface area (Å²) < 4.78 is 23.6. The number of nitrogens with one attached hydrogen (secondary N) is 1. The minimum absolute atomic E-state index is 0.221. The number of anilines is 1. The fourth-order valence-electron chi connectivity index (χ4n) is 1.72. The molecular weight excluding hydrogens is 264 g/mol. The van der Waals surface area contributed by atoms with Crippen LogP contribution < -0.4 is 11.1 Å². The number of rotatable bonds is 5. The molecular formula is C13H20N2O3S. The molecule has 0 spiro atoms. The molecule has 0 aliphatic heterocycles. The highest BCUT2D eigenvalue weighted by molar-refractivity contribution is 7.92. The Labute approximate surface area is 114 Å². The van der Waals surface area contributed by atoms with E-state index in [1.807, 2.05) is 19.1 Å². The van der Waals surface area contributed by atoms with Gasteiger partial charge in [-0.2, -0.15) is 0 Å². The van der Waals surface area contributed by atoms with Crippen molar-refractivity contribution < 1.29 is 13.2 Å². The van der Waals surface area contributed by atoms with Gasteiger partial charge in [0.2, 0.25) is 5.91 Å². The second-order valence-corrected chi connectivity index (χ2v) is 7.45. The van der Waals surface area contributed by atoms with Crippen LogP contribution in [0.25, 0.3) is 0 Å². The minimum Gasteiger partial charge on any atom is -0.325 e. The number of carbonyl (C=O) groups excluding carboxylic acids is 1. The van der Waals surface area contributed by atoms with Gasteiger partial charge in [-0.15, -0.1) is 0 Å². The molecule has 1 aromatic rings. The van der Waals surface area contributed by atoms with Gasteiger partial charge in [-0.25, -0.2) is 8.42 Å². The Morgan fingerprint density at radius 3 is 2.42 bits per heavy atom. The highest BCUT2D eigenvalue weighted by Crippen LogP contribution is 2.13. The van der Waals surface area contributed by atoms with E-state index in [1.54, 1.807) is 26.0 Å². The zero-order valence-electron chi connectivity index (χ0n) is 11.4. The standard InChI is InChI=1S/C13H20N2O3S/c1-10-6-4-5-7-11(10)15-12(16)8-19(17,18)9-13(2,3)14/h4-7H,8-9,14H2,1-3H3,(H,15,16).